The molecular weight excluding hydrogens is 220 g/mol. The van der Waals surface area contributed by atoms with Gasteiger partial charge in [-0.25, -0.2) is 0 Å². The number of nitrogens with one attached hydrogen (secondary N) is 1. The van der Waals surface area contributed by atoms with E-state index in [1.807, 2.05) is 6.92 Å². The summed E-state index contributed by atoms with van der Waals surface area (Å²) in [6, 6.07) is 1.80. The lowest BCUT2D eigenvalue weighted by atomic mass is 10.1. The van der Waals surface area contributed by atoms with Crippen molar-refractivity contribution >= 4 is 0 Å². The Bertz CT molecular complexity index is 320. The molecule has 0 fully saturated rings. The van der Waals surface area contributed by atoms with Crippen LogP contribution in [0.15, 0.2) is 18.5 Å². The van der Waals surface area contributed by atoms with E-state index < -0.39 is 6.10 Å². The minimum absolute atomic E-state index is 0.473. The number of methoxy groups -OCH3 is 1. The molecule has 0 amide bonds. The second-order valence-corrected chi connectivity index (χ2v) is 3.60. The fraction of sp³-hybridized carbons (Fsp3) is 0.583. The number of aromatic nitrogens is 1. The Kier molecular flexibility index (Phi) is 6.54. The van der Waals surface area contributed by atoms with E-state index in [9.17, 15) is 5.11 Å². The number of hydrogen-bond donors (Lipinski definition) is 2. The van der Waals surface area contributed by atoms with E-state index in [1.165, 1.54) is 0 Å². The largest absolute Gasteiger partial charge is 0.492 e. The summed E-state index contributed by atoms with van der Waals surface area (Å²) in [7, 11) is 1.65. The highest BCUT2D eigenvalue weighted by molar-refractivity contribution is 5.25. The van der Waals surface area contributed by atoms with Gasteiger partial charge in [0, 0.05) is 32.0 Å². The first-order chi connectivity index (χ1) is 8.27. The number of nitrogens with zero attached hydrogens (tertiary/aromatic N) is 1. The van der Waals surface area contributed by atoms with Crippen molar-refractivity contribution in [2.75, 3.05) is 33.4 Å². The first kappa shape index (κ1) is 13.9. The summed E-state index contributed by atoms with van der Waals surface area (Å²) in [4.78, 5) is 4.03. The lowest BCUT2D eigenvalue weighted by Crippen LogP contribution is -2.25. The van der Waals surface area contributed by atoms with Crippen LogP contribution in [0.3, 0.4) is 0 Å². The zero-order valence-corrected chi connectivity index (χ0v) is 10.3. The minimum atomic E-state index is -0.584. The SMILES string of the molecule is CCOc1cncc(C(O)CNCCOC)c1. The zero-order valence-electron chi connectivity index (χ0n) is 10.3. The number of hydrogen-bond acceptors (Lipinski definition) is 5. The summed E-state index contributed by atoms with van der Waals surface area (Å²) < 4.78 is 10.2. The summed E-state index contributed by atoms with van der Waals surface area (Å²) in [6.07, 6.45) is 2.70. The smallest absolute Gasteiger partial charge is 0.137 e. The highest BCUT2D eigenvalue weighted by atomic mass is 16.5. The fourth-order valence-corrected chi connectivity index (χ4v) is 1.39. The Hall–Kier alpha value is -1.17. The van der Waals surface area contributed by atoms with Crippen molar-refractivity contribution in [1.82, 2.24) is 10.3 Å². The summed E-state index contributed by atoms with van der Waals surface area (Å²) >= 11 is 0. The van der Waals surface area contributed by atoms with Crippen LogP contribution in [0.5, 0.6) is 5.75 Å². The number of aliphatic hydroxyl groups is 1. The quantitative estimate of drug-likeness (QED) is 0.656. The molecule has 0 radical (unpaired) electrons. The van der Waals surface area contributed by atoms with Crippen molar-refractivity contribution in [1.29, 1.82) is 0 Å². The van der Waals surface area contributed by atoms with Gasteiger partial charge in [0.25, 0.3) is 0 Å². The van der Waals surface area contributed by atoms with Crippen LogP contribution in [0.25, 0.3) is 0 Å². The van der Waals surface area contributed by atoms with Gasteiger partial charge in [-0.1, -0.05) is 0 Å². The number of aliphatic hydroxyl groups excluding tert-OH is 1. The van der Waals surface area contributed by atoms with Crippen LogP contribution in [0.2, 0.25) is 0 Å². The zero-order chi connectivity index (χ0) is 12.5. The monoisotopic (exact) mass is 240 g/mol. The van der Waals surface area contributed by atoms with Gasteiger partial charge >= 0.3 is 0 Å². The molecule has 0 saturated heterocycles. The first-order valence-electron chi connectivity index (χ1n) is 5.73. The lowest BCUT2D eigenvalue weighted by Gasteiger charge is -2.12. The van der Waals surface area contributed by atoms with E-state index in [0.717, 1.165) is 5.56 Å². The van der Waals surface area contributed by atoms with Crippen LogP contribution >= 0.6 is 0 Å². The fourth-order valence-electron chi connectivity index (χ4n) is 1.39. The molecule has 0 aliphatic heterocycles. The van der Waals surface area contributed by atoms with Crippen LogP contribution < -0.4 is 10.1 Å². The summed E-state index contributed by atoms with van der Waals surface area (Å²) in [5.41, 5.74) is 0.751. The van der Waals surface area contributed by atoms with Gasteiger partial charge in [-0.05, 0) is 13.0 Å². The third kappa shape index (κ3) is 5.12. The molecule has 5 nitrogen and oxygen atoms in total. The van der Waals surface area contributed by atoms with Crippen molar-refractivity contribution in [3.63, 3.8) is 0 Å². The standard InChI is InChI=1S/C12H20N2O3/c1-3-17-11-6-10(7-14-8-11)12(15)9-13-4-5-16-2/h6-8,12-13,15H,3-5,9H2,1-2H3. The molecule has 2 N–H and O–H groups in total. The van der Waals surface area contributed by atoms with Gasteiger partial charge in [-0.15, -0.1) is 0 Å². The van der Waals surface area contributed by atoms with E-state index in [0.29, 0.717) is 32.1 Å². The average Bonchev–Trinajstić information content (AvgIpc) is 2.35. The predicted octanol–water partition coefficient (Wildman–Crippen LogP) is 0.750. The Balaban J connectivity index is 2.44. The molecule has 1 atom stereocenters. The topological polar surface area (TPSA) is 63.6 Å². The molecule has 0 aliphatic carbocycles. The maximum atomic E-state index is 9.91. The van der Waals surface area contributed by atoms with Gasteiger partial charge < -0.3 is 19.9 Å². The van der Waals surface area contributed by atoms with E-state index in [4.69, 9.17) is 9.47 Å². The lowest BCUT2D eigenvalue weighted by molar-refractivity contribution is 0.161. The Morgan fingerprint density at radius 2 is 2.29 bits per heavy atom. The van der Waals surface area contributed by atoms with Gasteiger partial charge in [0.1, 0.15) is 5.75 Å². The molecule has 5 heteroatoms. The maximum absolute atomic E-state index is 9.91. The summed E-state index contributed by atoms with van der Waals surface area (Å²) in [5.74, 6) is 0.681. The van der Waals surface area contributed by atoms with Crippen LogP contribution in [0.1, 0.15) is 18.6 Å². The number of rotatable bonds is 8. The van der Waals surface area contributed by atoms with E-state index in [-0.39, 0.29) is 0 Å². The van der Waals surface area contributed by atoms with Crippen molar-refractivity contribution < 1.29 is 14.6 Å². The van der Waals surface area contributed by atoms with Crippen LogP contribution in [-0.2, 0) is 4.74 Å². The molecule has 0 bridgehead atoms. The van der Waals surface area contributed by atoms with Gasteiger partial charge in [-0.2, -0.15) is 0 Å². The van der Waals surface area contributed by atoms with Crippen molar-refractivity contribution in [2.24, 2.45) is 0 Å². The van der Waals surface area contributed by atoms with Crippen LogP contribution in [0, 0.1) is 0 Å². The molecule has 0 aromatic carbocycles. The molecule has 17 heavy (non-hydrogen) atoms. The Morgan fingerprint density at radius 3 is 3.00 bits per heavy atom. The molecule has 1 aromatic heterocycles. The highest BCUT2D eigenvalue weighted by Gasteiger charge is 2.08. The van der Waals surface area contributed by atoms with Gasteiger partial charge in [-0.3, -0.25) is 4.98 Å². The molecule has 1 aromatic rings. The van der Waals surface area contributed by atoms with Crippen LogP contribution in [0.4, 0.5) is 0 Å². The third-order valence-electron chi connectivity index (χ3n) is 2.25. The number of pyridine rings is 1. The normalized spacial score (nSPS) is 12.4. The predicted molar refractivity (Wildman–Crippen MR) is 65.1 cm³/mol. The molecule has 0 spiro atoms. The summed E-state index contributed by atoms with van der Waals surface area (Å²) in [6.45, 7) is 4.32. The first-order valence-corrected chi connectivity index (χ1v) is 5.73. The maximum Gasteiger partial charge on any atom is 0.137 e. The second-order valence-electron chi connectivity index (χ2n) is 3.60. The highest BCUT2D eigenvalue weighted by Crippen LogP contribution is 2.17. The van der Waals surface area contributed by atoms with Gasteiger partial charge in [0.2, 0.25) is 0 Å². The Labute approximate surface area is 102 Å². The van der Waals surface area contributed by atoms with E-state index >= 15 is 0 Å². The van der Waals surface area contributed by atoms with Crippen molar-refractivity contribution in [3.05, 3.63) is 24.0 Å². The van der Waals surface area contributed by atoms with Crippen LogP contribution in [-0.4, -0.2) is 43.5 Å². The van der Waals surface area contributed by atoms with Gasteiger partial charge in [0.15, 0.2) is 0 Å². The summed E-state index contributed by atoms with van der Waals surface area (Å²) in [5, 5.41) is 13.0. The molecule has 1 heterocycles. The minimum Gasteiger partial charge on any atom is -0.492 e. The Morgan fingerprint density at radius 1 is 1.47 bits per heavy atom. The average molecular weight is 240 g/mol. The second kappa shape index (κ2) is 8.00. The molecule has 1 unspecified atom stereocenters. The molecule has 0 saturated carbocycles. The molecule has 1 rings (SSSR count). The van der Waals surface area contributed by atoms with E-state index in [2.05, 4.69) is 10.3 Å². The molecule has 0 aliphatic rings. The third-order valence-corrected chi connectivity index (χ3v) is 2.25. The van der Waals surface area contributed by atoms with Crippen molar-refractivity contribution in [3.8, 4) is 5.75 Å². The number of ether oxygens (including phenoxy) is 2. The van der Waals surface area contributed by atoms with Gasteiger partial charge in [0.05, 0.1) is 25.5 Å². The van der Waals surface area contributed by atoms with Crippen molar-refractivity contribution in [2.45, 2.75) is 13.0 Å². The molecule has 96 valence electrons. The molecular formula is C12H20N2O3. The van der Waals surface area contributed by atoms with E-state index in [1.54, 1.807) is 25.6 Å².